The summed E-state index contributed by atoms with van der Waals surface area (Å²) in [6, 6.07) is 13.4. The van der Waals surface area contributed by atoms with Crippen molar-refractivity contribution in [2.45, 2.75) is 32.4 Å². The van der Waals surface area contributed by atoms with E-state index in [0.29, 0.717) is 16.6 Å². The predicted molar refractivity (Wildman–Crippen MR) is 113 cm³/mol. The standard InChI is InChI=1S/C22H21Cl2N3O/c1-26(22(28)11-16-9-18(23)12-19(24)10-16)13-15-4-2-5-17(8-15)20-14-27-7-3-6-21(27)25-20/h2,4-5,8-10,12,14H,3,6-7,11,13H2,1H3. The van der Waals surface area contributed by atoms with Crippen LogP contribution in [0.3, 0.4) is 0 Å². The Balaban J connectivity index is 1.45. The minimum atomic E-state index is 0.0182. The maximum Gasteiger partial charge on any atom is 0.227 e. The van der Waals surface area contributed by atoms with Gasteiger partial charge in [-0.15, -0.1) is 0 Å². The van der Waals surface area contributed by atoms with Gasteiger partial charge in [-0.25, -0.2) is 4.98 Å². The molecule has 4 rings (SSSR count). The number of halogens is 2. The Morgan fingerprint density at radius 3 is 2.68 bits per heavy atom. The SMILES string of the molecule is CN(Cc1cccc(-c2cn3c(n2)CCC3)c1)C(=O)Cc1cc(Cl)cc(Cl)c1. The molecule has 1 aliphatic heterocycles. The first-order chi connectivity index (χ1) is 13.5. The molecule has 0 fully saturated rings. The minimum absolute atomic E-state index is 0.0182. The first kappa shape index (κ1) is 19.0. The van der Waals surface area contributed by atoms with E-state index in [0.717, 1.165) is 41.2 Å². The van der Waals surface area contributed by atoms with E-state index in [-0.39, 0.29) is 12.3 Å². The number of likely N-dealkylation sites (N-methyl/N-ethyl adjacent to an activating group) is 1. The molecule has 2 heterocycles. The van der Waals surface area contributed by atoms with Crippen molar-refractivity contribution in [3.63, 3.8) is 0 Å². The maximum absolute atomic E-state index is 12.6. The van der Waals surface area contributed by atoms with E-state index in [1.807, 2.05) is 19.2 Å². The summed E-state index contributed by atoms with van der Waals surface area (Å²) >= 11 is 12.1. The van der Waals surface area contributed by atoms with Crippen LogP contribution in [0, 0.1) is 0 Å². The molecule has 0 N–H and O–H groups in total. The van der Waals surface area contributed by atoms with Gasteiger partial charge < -0.3 is 9.47 Å². The van der Waals surface area contributed by atoms with Crippen molar-refractivity contribution in [3.05, 3.63) is 75.7 Å². The van der Waals surface area contributed by atoms with E-state index in [4.69, 9.17) is 28.2 Å². The van der Waals surface area contributed by atoms with Gasteiger partial charge in [-0.2, -0.15) is 0 Å². The summed E-state index contributed by atoms with van der Waals surface area (Å²) in [5, 5.41) is 1.08. The minimum Gasteiger partial charge on any atom is -0.341 e. The molecule has 0 aliphatic carbocycles. The molecule has 0 radical (unpaired) electrons. The zero-order valence-electron chi connectivity index (χ0n) is 15.7. The number of nitrogens with zero attached hydrogens (tertiary/aromatic N) is 3. The summed E-state index contributed by atoms with van der Waals surface area (Å²) in [7, 11) is 1.81. The second kappa shape index (κ2) is 7.98. The number of aromatic nitrogens is 2. The highest BCUT2D eigenvalue weighted by molar-refractivity contribution is 6.34. The van der Waals surface area contributed by atoms with E-state index in [1.165, 1.54) is 6.42 Å². The first-order valence-corrected chi connectivity index (χ1v) is 10.1. The molecule has 0 saturated heterocycles. The van der Waals surface area contributed by atoms with Crippen LogP contribution in [0.25, 0.3) is 11.3 Å². The van der Waals surface area contributed by atoms with Gasteiger partial charge in [0.05, 0.1) is 12.1 Å². The van der Waals surface area contributed by atoms with Gasteiger partial charge >= 0.3 is 0 Å². The Morgan fingerprint density at radius 2 is 1.93 bits per heavy atom. The summed E-state index contributed by atoms with van der Waals surface area (Å²) in [6.45, 7) is 1.58. The fraction of sp³-hybridized carbons (Fsp3) is 0.273. The lowest BCUT2D eigenvalue weighted by Gasteiger charge is -2.18. The maximum atomic E-state index is 12.6. The van der Waals surface area contributed by atoms with Crippen molar-refractivity contribution in [2.24, 2.45) is 0 Å². The van der Waals surface area contributed by atoms with E-state index < -0.39 is 0 Å². The van der Waals surface area contributed by atoms with Gasteiger partial charge in [0.1, 0.15) is 5.82 Å². The Kier molecular flexibility index (Phi) is 5.42. The van der Waals surface area contributed by atoms with Crippen LogP contribution in [0.5, 0.6) is 0 Å². The fourth-order valence-electron chi connectivity index (χ4n) is 3.61. The number of carbonyl (C=O) groups is 1. The summed E-state index contributed by atoms with van der Waals surface area (Å²) < 4.78 is 2.23. The quantitative estimate of drug-likeness (QED) is 0.589. The molecular weight excluding hydrogens is 393 g/mol. The Hall–Kier alpha value is -2.30. The van der Waals surface area contributed by atoms with E-state index in [1.54, 1.807) is 23.1 Å². The molecule has 0 saturated carbocycles. The number of hydrogen-bond acceptors (Lipinski definition) is 2. The Labute approximate surface area is 174 Å². The number of rotatable bonds is 5. The van der Waals surface area contributed by atoms with Crippen LogP contribution in [0.4, 0.5) is 0 Å². The monoisotopic (exact) mass is 413 g/mol. The zero-order valence-corrected chi connectivity index (χ0v) is 17.2. The van der Waals surface area contributed by atoms with Gasteiger partial charge in [0.25, 0.3) is 0 Å². The van der Waals surface area contributed by atoms with Crippen molar-refractivity contribution in [2.75, 3.05) is 7.05 Å². The lowest BCUT2D eigenvalue weighted by molar-refractivity contribution is -0.129. The van der Waals surface area contributed by atoms with Gasteiger partial charge in [0, 0.05) is 48.4 Å². The highest BCUT2D eigenvalue weighted by Crippen LogP contribution is 2.24. The van der Waals surface area contributed by atoms with E-state index >= 15 is 0 Å². The average Bonchev–Trinajstić information content (AvgIpc) is 3.23. The summed E-state index contributed by atoms with van der Waals surface area (Å²) in [5.74, 6) is 1.18. The van der Waals surface area contributed by atoms with Crippen LogP contribution in [0.15, 0.2) is 48.7 Å². The smallest absolute Gasteiger partial charge is 0.227 e. The lowest BCUT2D eigenvalue weighted by atomic mass is 10.1. The van der Waals surface area contributed by atoms with E-state index in [2.05, 4.69) is 22.9 Å². The van der Waals surface area contributed by atoms with Gasteiger partial charge in [0.2, 0.25) is 5.91 Å². The second-order valence-electron chi connectivity index (χ2n) is 7.24. The number of amides is 1. The summed E-state index contributed by atoms with van der Waals surface area (Å²) in [6.07, 6.45) is 4.61. The number of hydrogen-bond donors (Lipinski definition) is 0. The van der Waals surface area contributed by atoms with Gasteiger partial charge in [-0.1, -0.05) is 41.4 Å². The number of carbonyl (C=O) groups excluding carboxylic acids is 1. The molecule has 0 bridgehead atoms. The number of imidazole rings is 1. The van der Waals surface area contributed by atoms with Crippen LogP contribution < -0.4 is 0 Å². The molecule has 2 aromatic carbocycles. The zero-order chi connectivity index (χ0) is 19.7. The largest absolute Gasteiger partial charge is 0.341 e. The van der Waals surface area contributed by atoms with Gasteiger partial charge in [0.15, 0.2) is 0 Å². The molecule has 4 nitrogen and oxygen atoms in total. The molecule has 6 heteroatoms. The lowest BCUT2D eigenvalue weighted by Crippen LogP contribution is -2.27. The van der Waals surface area contributed by atoms with Crippen LogP contribution >= 0.6 is 23.2 Å². The average molecular weight is 414 g/mol. The summed E-state index contributed by atoms with van der Waals surface area (Å²) in [5.41, 5.74) is 3.97. The van der Waals surface area contributed by atoms with Crippen LogP contribution in [0.2, 0.25) is 10.0 Å². The molecule has 1 aromatic heterocycles. The fourth-order valence-corrected chi connectivity index (χ4v) is 4.18. The molecule has 1 aliphatic rings. The highest BCUT2D eigenvalue weighted by Gasteiger charge is 2.15. The van der Waals surface area contributed by atoms with E-state index in [9.17, 15) is 4.79 Å². The van der Waals surface area contributed by atoms with Crippen molar-refractivity contribution in [1.82, 2.24) is 14.5 Å². The second-order valence-corrected chi connectivity index (χ2v) is 8.12. The highest BCUT2D eigenvalue weighted by atomic mass is 35.5. The molecular formula is C22H21Cl2N3O. The Bertz CT molecular complexity index is 987. The topological polar surface area (TPSA) is 38.1 Å². The van der Waals surface area contributed by atoms with Crippen LogP contribution in [-0.4, -0.2) is 27.4 Å². The number of fused-ring (bicyclic) bond motifs is 1. The predicted octanol–water partition coefficient (Wildman–Crippen LogP) is 5.00. The third-order valence-corrected chi connectivity index (χ3v) is 5.44. The summed E-state index contributed by atoms with van der Waals surface area (Å²) in [4.78, 5) is 19.1. The molecule has 0 unspecified atom stereocenters. The van der Waals surface area contributed by atoms with Crippen LogP contribution in [0.1, 0.15) is 23.4 Å². The molecule has 0 atom stereocenters. The molecule has 1 amide bonds. The Morgan fingerprint density at radius 1 is 1.14 bits per heavy atom. The number of benzene rings is 2. The molecule has 3 aromatic rings. The molecule has 144 valence electrons. The third-order valence-electron chi connectivity index (χ3n) is 5.00. The van der Waals surface area contributed by atoms with Gasteiger partial charge in [-0.3, -0.25) is 4.79 Å². The number of aryl methyl sites for hydroxylation is 2. The van der Waals surface area contributed by atoms with Crippen molar-refractivity contribution >= 4 is 29.1 Å². The van der Waals surface area contributed by atoms with Crippen molar-refractivity contribution < 1.29 is 4.79 Å². The first-order valence-electron chi connectivity index (χ1n) is 9.32. The molecule has 0 spiro atoms. The van der Waals surface area contributed by atoms with Crippen molar-refractivity contribution in [1.29, 1.82) is 0 Å². The van der Waals surface area contributed by atoms with Gasteiger partial charge in [-0.05, 0) is 41.8 Å². The van der Waals surface area contributed by atoms with Crippen molar-refractivity contribution in [3.8, 4) is 11.3 Å². The van der Waals surface area contributed by atoms with Crippen LogP contribution in [-0.2, 0) is 30.7 Å². The molecule has 28 heavy (non-hydrogen) atoms. The normalized spacial score (nSPS) is 12.8. The third kappa shape index (κ3) is 4.23.